The lowest BCUT2D eigenvalue weighted by Gasteiger charge is -2.23. The zero-order valence-corrected chi connectivity index (χ0v) is 15.6. The van der Waals surface area contributed by atoms with Crippen molar-refractivity contribution >= 4 is 29.9 Å². The van der Waals surface area contributed by atoms with E-state index in [2.05, 4.69) is 20.6 Å². The monoisotopic (exact) mass is 432 g/mol. The van der Waals surface area contributed by atoms with Crippen LogP contribution in [0.25, 0.3) is 0 Å². The van der Waals surface area contributed by atoms with Gasteiger partial charge in [0.1, 0.15) is 0 Å². The molecular weight excluding hydrogens is 407 g/mol. The molecule has 2 bridgehead atoms. The van der Waals surface area contributed by atoms with E-state index >= 15 is 0 Å². The molecule has 0 radical (unpaired) electrons. The van der Waals surface area contributed by atoms with E-state index in [4.69, 9.17) is 4.74 Å². The molecule has 3 heterocycles. The number of rotatable bonds is 5. The average Bonchev–Trinajstić information content (AvgIpc) is 3.16. The average molecular weight is 432 g/mol. The quantitative estimate of drug-likeness (QED) is 0.375. The summed E-state index contributed by atoms with van der Waals surface area (Å²) in [4.78, 5) is 8.46. The predicted molar refractivity (Wildman–Crippen MR) is 100 cm³/mol. The Morgan fingerprint density at radius 3 is 2.83 bits per heavy atom. The highest BCUT2D eigenvalue weighted by molar-refractivity contribution is 14.0. The van der Waals surface area contributed by atoms with Gasteiger partial charge in [-0.2, -0.15) is 0 Å². The van der Waals surface area contributed by atoms with Gasteiger partial charge in [-0.25, -0.2) is 0 Å². The second kappa shape index (κ2) is 8.79. The number of fused-ring (bicyclic) bond motifs is 2. The van der Waals surface area contributed by atoms with Crippen LogP contribution in [0.5, 0.6) is 0 Å². The lowest BCUT2D eigenvalue weighted by molar-refractivity contribution is 0.0992. The summed E-state index contributed by atoms with van der Waals surface area (Å²) >= 11 is 0. The molecule has 0 aromatic carbocycles. The molecule has 0 saturated carbocycles. The maximum absolute atomic E-state index is 10.2. The van der Waals surface area contributed by atoms with Crippen LogP contribution in [0, 0.1) is 0 Å². The SMILES string of the molecule is CCNC(=NCC(O)c1ccncc1)NC1CC2CCC1O2.I. The summed E-state index contributed by atoms with van der Waals surface area (Å²) in [7, 11) is 0. The van der Waals surface area contributed by atoms with Crippen LogP contribution in [0.1, 0.15) is 37.9 Å². The van der Waals surface area contributed by atoms with Crippen molar-refractivity contribution in [3.8, 4) is 0 Å². The minimum atomic E-state index is -0.616. The molecule has 4 unspecified atom stereocenters. The van der Waals surface area contributed by atoms with Crippen molar-refractivity contribution in [1.29, 1.82) is 0 Å². The molecule has 3 rings (SSSR count). The molecular formula is C16H25IN4O2. The van der Waals surface area contributed by atoms with E-state index in [-0.39, 0.29) is 24.0 Å². The number of aliphatic imine (C=N–C) groups is 1. The zero-order chi connectivity index (χ0) is 15.4. The topological polar surface area (TPSA) is 78.8 Å². The van der Waals surface area contributed by atoms with Gasteiger partial charge in [0.25, 0.3) is 0 Å². The number of nitrogens with one attached hydrogen (secondary N) is 2. The van der Waals surface area contributed by atoms with Gasteiger partial charge in [-0.3, -0.25) is 9.98 Å². The van der Waals surface area contributed by atoms with E-state index in [1.54, 1.807) is 12.4 Å². The molecule has 4 atom stereocenters. The van der Waals surface area contributed by atoms with Crippen LogP contribution >= 0.6 is 24.0 Å². The lowest BCUT2D eigenvalue weighted by Crippen LogP contribution is -2.47. The van der Waals surface area contributed by atoms with E-state index in [9.17, 15) is 5.11 Å². The van der Waals surface area contributed by atoms with E-state index in [1.165, 1.54) is 6.42 Å². The maximum Gasteiger partial charge on any atom is 0.191 e. The summed E-state index contributed by atoms with van der Waals surface area (Å²) < 4.78 is 5.86. The number of halogens is 1. The van der Waals surface area contributed by atoms with Crippen LogP contribution < -0.4 is 10.6 Å². The van der Waals surface area contributed by atoms with Gasteiger partial charge in [0.2, 0.25) is 0 Å². The molecule has 0 amide bonds. The molecule has 2 aliphatic rings. The third-order valence-electron chi connectivity index (χ3n) is 4.29. The van der Waals surface area contributed by atoms with Crippen LogP contribution in [0.3, 0.4) is 0 Å². The number of hydrogen-bond acceptors (Lipinski definition) is 4. The van der Waals surface area contributed by atoms with Crippen molar-refractivity contribution < 1.29 is 9.84 Å². The molecule has 2 fully saturated rings. The van der Waals surface area contributed by atoms with Gasteiger partial charge in [0.15, 0.2) is 5.96 Å². The molecule has 1 aromatic heterocycles. The summed E-state index contributed by atoms with van der Waals surface area (Å²) in [6, 6.07) is 3.95. The number of pyridine rings is 1. The molecule has 128 valence electrons. The summed E-state index contributed by atoms with van der Waals surface area (Å²) in [6.45, 7) is 3.15. The highest BCUT2D eigenvalue weighted by atomic mass is 127. The number of aliphatic hydroxyl groups is 1. The van der Waals surface area contributed by atoms with Crippen LogP contribution in [-0.4, -0.2) is 47.4 Å². The fourth-order valence-corrected chi connectivity index (χ4v) is 3.15. The standard InChI is InChI=1S/C16H24N4O2.HI/c1-2-18-16(20-13-9-12-3-4-15(13)22-12)19-10-14(21)11-5-7-17-8-6-11;/h5-8,12-15,21H,2-4,9-10H2,1H3,(H2,18,19,20);1H. The maximum atomic E-state index is 10.2. The van der Waals surface area contributed by atoms with Crippen molar-refractivity contribution in [3.63, 3.8) is 0 Å². The second-order valence-corrected chi connectivity index (χ2v) is 5.88. The van der Waals surface area contributed by atoms with Gasteiger partial charge in [0, 0.05) is 18.9 Å². The zero-order valence-electron chi connectivity index (χ0n) is 13.3. The van der Waals surface area contributed by atoms with Crippen molar-refractivity contribution in [2.45, 2.75) is 50.5 Å². The van der Waals surface area contributed by atoms with Crippen LogP contribution in [0.4, 0.5) is 0 Å². The third-order valence-corrected chi connectivity index (χ3v) is 4.29. The Hall–Kier alpha value is -0.930. The first-order chi connectivity index (χ1) is 10.8. The van der Waals surface area contributed by atoms with Gasteiger partial charge in [-0.1, -0.05) is 0 Å². The summed E-state index contributed by atoms with van der Waals surface area (Å²) in [5.41, 5.74) is 0.831. The van der Waals surface area contributed by atoms with Crippen molar-refractivity contribution in [3.05, 3.63) is 30.1 Å². The first-order valence-electron chi connectivity index (χ1n) is 8.04. The number of guanidine groups is 1. The largest absolute Gasteiger partial charge is 0.386 e. The Kier molecular flexibility index (Phi) is 7.04. The predicted octanol–water partition coefficient (Wildman–Crippen LogP) is 1.61. The number of aliphatic hydroxyl groups excluding tert-OH is 1. The van der Waals surface area contributed by atoms with Gasteiger partial charge in [-0.15, -0.1) is 24.0 Å². The minimum Gasteiger partial charge on any atom is -0.386 e. The van der Waals surface area contributed by atoms with E-state index < -0.39 is 6.10 Å². The smallest absolute Gasteiger partial charge is 0.191 e. The Morgan fingerprint density at radius 2 is 2.22 bits per heavy atom. The molecule has 1 aromatic rings. The van der Waals surface area contributed by atoms with Crippen molar-refractivity contribution in [2.24, 2.45) is 4.99 Å². The second-order valence-electron chi connectivity index (χ2n) is 5.88. The summed E-state index contributed by atoms with van der Waals surface area (Å²) in [5, 5.41) is 16.9. The number of aromatic nitrogens is 1. The number of hydrogen-bond donors (Lipinski definition) is 3. The summed E-state index contributed by atoms with van der Waals surface area (Å²) in [5.74, 6) is 0.747. The van der Waals surface area contributed by atoms with Gasteiger partial charge in [-0.05, 0) is 43.9 Å². The Balaban J connectivity index is 0.00000192. The first-order valence-corrected chi connectivity index (χ1v) is 8.04. The van der Waals surface area contributed by atoms with Crippen LogP contribution in [-0.2, 0) is 4.74 Å². The fraction of sp³-hybridized carbons (Fsp3) is 0.625. The van der Waals surface area contributed by atoms with E-state index in [0.717, 1.165) is 30.9 Å². The fourth-order valence-electron chi connectivity index (χ4n) is 3.15. The van der Waals surface area contributed by atoms with Crippen molar-refractivity contribution in [1.82, 2.24) is 15.6 Å². The molecule has 2 saturated heterocycles. The number of nitrogens with zero attached hydrogens (tertiary/aromatic N) is 2. The Bertz CT molecular complexity index is 514. The van der Waals surface area contributed by atoms with Crippen molar-refractivity contribution in [2.75, 3.05) is 13.1 Å². The Labute approximate surface area is 154 Å². The molecule has 2 aliphatic heterocycles. The molecule has 6 nitrogen and oxygen atoms in total. The lowest BCUT2D eigenvalue weighted by atomic mass is 9.96. The van der Waals surface area contributed by atoms with Crippen LogP contribution in [0.15, 0.2) is 29.5 Å². The van der Waals surface area contributed by atoms with Crippen LogP contribution in [0.2, 0.25) is 0 Å². The van der Waals surface area contributed by atoms with E-state index in [0.29, 0.717) is 24.8 Å². The Morgan fingerprint density at radius 1 is 1.43 bits per heavy atom. The highest BCUT2D eigenvalue weighted by Gasteiger charge is 2.41. The van der Waals surface area contributed by atoms with Gasteiger partial charge >= 0.3 is 0 Å². The van der Waals surface area contributed by atoms with Gasteiger partial charge < -0.3 is 20.5 Å². The number of ether oxygens (including phenoxy) is 1. The van der Waals surface area contributed by atoms with Gasteiger partial charge in [0.05, 0.1) is 30.9 Å². The molecule has 7 heteroatoms. The molecule has 3 N–H and O–H groups in total. The molecule has 0 aliphatic carbocycles. The third kappa shape index (κ3) is 4.77. The molecule has 0 spiro atoms. The summed E-state index contributed by atoms with van der Waals surface area (Å²) in [6.07, 6.45) is 6.80. The first kappa shape index (κ1) is 18.4. The normalized spacial score (nSPS) is 27.4. The van der Waals surface area contributed by atoms with E-state index in [1.807, 2.05) is 19.1 Å². The highest BCUT2D eigenvalue weighted by Crippen LogP contribution is 2.34. The molecule has 23 heavy (non-hydrogen) atoms. The minimum absolute atomic E-state index is 0.